The normalized spacial score (nSPS) is 22.2. The predicted octanol–water partition coefficient (Wildman–Crippen LogP) is 4.25. The largest absolute Gasteiger partial charge is 0.459 e. The molecule has 0 bridgehead atoms. The summed E-state index contributed by atoms with van der Waals surface area (Å²) in [5.41, 5.74) is 1.57. The number of esters is 1. The molecule has 0 unspecified atom stereocenters. The van der Waals surface area contributed by atoms with Crippen molar-refractivity contribution in [3.05, 3.63) is 65.2 Å². The van der Waals surface area contributed by atoms with Gasteiger partial charge in [-0.2, -0.15) is 0 Å². The zero-order chi connectivity index (χ0) is 28.5. The summed E-state index contributed by atoms with van der Waals surface area (Å²) in [4.78, 5) is 38.2. The molecule has 2 aromatic heterocycles. The minimum absolute atomic E-state index is 0.00494. The van der Waals surface area contributed by atoms with E-state index in [1.165, 1.54) is 16.2 Å². The molecule has 0 radical (unpaired) electrons. The van der Waals surface area contributed by atoms with Gasteiger partial charge in [0, 0.05) is 36.3 Å². The highest BCUT2D eigenvalue weighted by atomic mass is 32.1. The molecule has 1 aromatic carbocycles. The highest BCUT2D eigenvalue weighted by Gasteiger charge is 2.41. The van der Waals surface area contributed by atoms with Crippen LogP contribution in [0.2, 0.25) is 0 Å². The molecule has 4 heterocycles. The van der Waals surface area contributed by atoms with Crippen LogP contribution < -0.4 is 10.6 Å². The van der Waals surface area contributed by atoms with E-state index in [2.05, 4.69) is 43.3 Å². The Labute approximate surface area is 239 Å². The molecular weight excluding hydrogens is 526 g/mol. The Kier molecular flexibility index (Phi) is 7.94. The van der Waals surface area contributed by atoms with E-state index in [4.69, 9.17) is 9.72 Å². The molecule has 2 saturated heterocycles. The average Bonchev–Trinajstić information content (AvgIpc) is 3.53. The molecular formula is C30H37N5O4S. The van der Waals surface area contributed by atoms with E-state index in [0.717, 1.165) is 23.3 Å². The summed E-state index contributed by atoms with van der Waals surface area (Å²) >= 11 is 1.31. The summed E-state index contributed by atoms with van der Waals surface area (Å²) in [5.74, 6) is -0.261. The molecule has 1 amide bonds. The third-order valence-corrected chi connectivity index (χ3v) is 8.38. The standard InChI is InChI=1S/C30H37N5O4S/c1-29(2)15-20(16-30(3,4)34-29)32-28-31-13-12-22(33-28)24-10-11-25(40-24)26(37)35-17-21(36)14-23(35)27(38)39-18-19-8-6-5-7-9-19/h5-13,20-21,23,34,36H,14-18H2,1-4H3,(H,31,32,33)/t21-,23+/m1/s1. The monoisotopic (exact) mass is 563 g/mol. The predicted molar refractivity (Wildman–Crippen MR) is 155 cm³/mol. The first-order chi connectivity index (χ1) is 19.0. The van der Waals surface area contributed by atoms with Gasteiger partial charge >= 0.3 is 5.97 Å². The average molecular weight is 564 g/mol. The first-order valence-electron chi connectivity index (χ1n) is 13.7. The molecule has 0 saturated carbocycles. The number of carbonyl (C=O) groups excluding carboxylic acids is 2. The van der Waals surface area contributed by atoms with Crippen LogP contribution in [0.4, 0.5) is 5.95 Å². The van der Waals surface area contributed by atoms with Gasteiger partial charge in [0.1, 0.15) is 12.6 Å². The molecule has 2 aliphatic heterocycles. The second-order valence-corrected chi connectivity index (χ2v) is 13.1. The summed E-state index contributed by atoms with van der Waals surface area (Å²) in [7, 11) is 0. The summed E-state index contributed by atoms with van der Waals surface area (Å²) in [6.45, 7) is 9.03. The van der Waals surface area contributed by atoms with Gasteiger partial charge in [-0.05, 0) is 64.3 Å². The number of aliphatic hydroxyl groups excluding tert-OH is 1. The van der Waals surface area contributed by atoms with Crippen LogP contribution in [0.5, 0.6) is 0 Å². The van der Waals surface area contributed by atoms with Crippen LogP contribution in [0.25, 0.3) is 10.6 Å². The number of nitrogens with zero attached hydrogens (tertiary/aromatic N) is 3. The summed E-state index contributed by atoms with van der Waals surface area (Å²) in [5, 5.41) is 17.5. The van der Waals surface area contributed by atoms with Gasteiger partial charge in [-0.15, -0.1) is 11.3 Å². The van der Waals surface area contributed by atoms with Gasteiger partial charge in [-0.1, -0.05) is 30.3 Å². The Bertz CT molecular complexity index is 1340. The van der Waals surface area contributed by atoms with Gasteiger partial charge < -0.3 is 25.4 Å². The van der Waals surface area contributed by atoms with Crippen molar-refractivity contribution in [1.29, 1.82) is 0 Å². The smallest absolute Gasteiger partial charge is 0.329 e. The minimum atomic E-state index is -0.829. The van der Waals surface area contributed by atoms with Crippen molar-refractivity contribution in [2.75, 3.05) is 11.9 Å². The van der Waals surface area contributed by atoms with E-state index in [9.17, 15) is 14.7 Å². The molecule has 3 aromatic rings. The zero-order valence-electron chi connectivity index (χ0n) is 23.4. The molecule has 2 aliphatic rings. The number of hydrogen-bond donors (Lipinski definition) is 3. The number of anilines is 1. The number of nitrogens with one attached hydrogen (secondary N) is 2. The van der Waals surface area contributed by atoms with Crippen LogP contribution in [-0.2, 0) is 16.1 Å². The maximum absolute atomic E-state index is 13.4. The summed E-state index contributed by atoms with van der Waals surface area (Å²) in [6, 6.07) is 14.2. The lowest BCUT2D eigenvalue weighted by molar-refractivity contribution is -0.149. The third kappa shape index (κ3) is 6.68. The van der Waals surface area contributed by atoms with Crippen molar-refractivity contribution in [3.63, 3.8) is 0 Å². The maximum Gasteiger partial charge on any atom is 0.329 e. The Morgan fingerprint density at radius 3 is 2.55 bits per heavy atom. The highest BCUT2D eigenvalue weighted by molar-refractivity contribution is 7.17. The molecule has 3 N–H and O–H groups in total. The number of benzene rings is 1. The van der Waals surface area contributed by atoms with Gasteiger partial charge in [-0.25, -0.2) is 14.8 Å². The number of carbonyl (C=O) groups is 2. The number of thiophene rings is 1. The fourth-order valence-electron chi connectivity index (χ4n) is 5.99. The lowest BCUT2D eigenvalue weighted by Gasteiger charge is -2.46. The highest BCUT2D eigenvalue weighted by Crippen LogP contribution is 2.32. The van der Waals surface area contributed by atoms with Crippen LogP contribution in [0.15, 0.2) is 54.7 Å². The number of aliphatic hydroxyl groups is 1. The lowest BCUT2D eigenvalue weighted by atomic mass is 9.80. The molecule has 10 heteroatoms. The van der Waals surface area contributed by atoms with E-state index in [1.54, 1.807) is 12.3 Å². The van der Waals surface area contributed by atoms with Gasteiger partial charge in [0.25, 0.3) is 5.91 Å². The Morgan fingerprint density at radius 2 is 1.82 bits per heavy atom. The third-order valence-electron chi connectivity index (χ3n) is 7.28. The number of aromatic nitrogens is 2. The first kappa shape index (κ1) is 28.2. The molecule has 2 atom stereocenters. The van der Waals surface area contributed by atoms with E-state index in [0.29, 0.717) is 16.5 Å². The number of likely N-dealkylation sites (tertiary alicyclic amines) is 1. The molecule has 40 heavy (non-hydrogen) atoms. The second-order valence-electron chi connectivity index (χ2n) is 12.0. The van der Waals surface area contributed by atoms with E-state index >= 15 is 0 Å². The number of piperidine rings is 1. The zero-order valence-corrected chi connectivity index (χ0v) is 24.2. The van der Waals surface area contributed by atoms with E-state index in [-0.39, 0.29) is 42.6 Å². The maximum atomic E-state index is 13.4. The fraction of sp³-hybridized carbons (Fsp3) is 0.467. The Morgan fingerprint density at radius 1 is 1.10 bits per heavy atom. The minimum Gasteiger partial charge on any atom is -0.459 e. The molecule has 9 nitrogen and oxygen atoms in total. The van der Waals surface area contributed by atoms with Gasteiger partial charge in [0.15, 0.2) is 0 Å². The number of ether oxygens (including phenoxy) is 1. The van der Waals surface area contributed by atoms with Crippen molar-refractivity contribution < 1.29 is 19.4 Å². The van der Waals surface area contributed by atoms with Crippen LogP contribution in [0.1, 0.15) is 62.2 Å². The van der Waals surface area contributed by atoms with E-state index in [1.807, 2.05) is 42.5 Å². The summed E-state index contributed by atoms with van der Waals surface area (Å²) in [6.07, 6.45) is 2.98. The van der Waals surface area contributed by atoms with Gasteiger partial charge in [0.2, 0.25) is 5.95 Å². The summed E-state index contributed by atoms with van der Waals surface area (Å²) < 4.78 is 5.48. The fourth-order valence-corrected chi connectivity index (χ4v) is 6.92. The number of amides is 1. The van der Waals surface area contributed by atoms with Crippen molar-refractivity contribution >= 4 is 29.2 Å². The number of rotatable bonds is 7. The first-order valence-corrected chi connectivity index (χ1v) is 14.5. The molecule has 212 valence electrons. The van der Waals surface area contributed by atoms with E-state index < -0.39 is 18.1 Å². The van der Waals surface area contributed by atoms with Crippen LogP contribution in [0.3, 0.4) is 0 Å². The molecule has 2 fully saturated rings. The molecule has 0 aliphatic carbocycles. The van der Waals surface area contributed by atoms with Crippen LogP contribution in [0, 0.1) is 0 Å². The van der Waals surface area contributed by atoms with Crippen molar-refractivity contribution in [3.8, 4) is 10.6 Å². The second kappa shape index (κ2) is 11.3. The Hall–Kier alpha value is -3.34. The Balaban J connectivity index is 1.26. The molecule has 0 spiro atoms. The molecule has 5 rings (SSSR count). The number of hydrogen-bond acceptors (Lipinski definition) is 9. The van der Waals surface area contributed by atoms with Crippen molar-refractivity contribution in [2.24, 2.45) is 0 Å². The SMILES string of the molecule is CC1(C)CC(Nc2nccc(-c3ccc(C(=O)N4C[C@H](O)C[C@H]4C(=O)OCc4ccccc4)s3)n2)CC(C)(C)N1. The quantitative estimate of drug-likeness (QED) is 0.366. The van der Waals surface area contributed by atoms with Crippen molar-refractivity contribution in [1.82, 2.24) is 20.2 Å². The number of β-amino-alcohol motifs (C(OH)–C–C–N with tert-alkyl or cyclic N) is 1. The topological polar surface area (TPSA) is 117 Å². The van der Waals surface area contributed by atoms with Crippen LogP contribution in [-0.4, -0.2) is 67.7 Å². The van der Waals surface area contributed by atoms with Crippen LogP contribution >= 0.6 is 11.3 Å². The lowest BCUT2D eigenvalue weighted by Crippen LogP contribution is -2.60. The van der Waals surface area contributed by atoms with Gasteiger partial charge in [0.05, 0.1) is 21.6 Å². The van der Waals surface area contributed by atoms with Gasteiger partial charge in [-0.3, -0.25) is 4.79 Å². The van der Waals surface area contributed by atoms with Crippen molar-refractivity contribution in [2.45, 2.75) is 82.8 Å².